The average molecular weight is 270 g/mol. The number of likely N-dealkylation sites (tertiary alicyclic amines) is 1. The number of likely N-dealkylation sites (N-methyl/N-ethyl adjacent to an activating group) is 1. The van der Waals surface area contributed by atoms with Gasteiger partial charge in [-0.05, 0) is 38.9 Å². The molecule has 0 N–H and O–H groups in total. The van der Waals surface area contributed by atoms with Crippen LogP contribution in [0.3, 0.4) is 0 Å². The van der Waals surface area contributed by atoms with Gasteiger partial charge in [-0.3, -0.25) is 14.3 Å². The maximum absolute atomic E-state index is 12.6. The van der Waals surface area contributed by atoms with Crippen LogP contribution in [0.5, 0.6) is 0 Å². The van der Waals surface area contributed by atoms with Crippen molar-refractivity contribution in [1.82, 2.24) is 19.4 Å². The zero-order valence-electron chi connectivity index (χ0n) is 11.6. The first kappa shape index (κ1) is 12.0. The summed E-state index contributed by atoms with van der Waals surface area (Å²) in [5.41, 5.74) is 0.830. The number of piperidine rings is 1. The minimum absolute atomic E-state index is 0.0964. The molecule has 20 heavy (non-hydrogen) atoms. The van der Waals surface area contributed by atoms with Gasteiger partial charge in [0.1, 0.15) is 5.82 Å². The molecule has 2 aliphatic heterocycles. The molecule has 0 aromatic carbocycles. The zero-order valence-corrected chi connectivity index (χ0v) is 11.6. The van der Waals surface area contributed by atoms with E-state index < -0.39 is 0 Å². The number of nitrogens with zero attached hydrogens (tertiary/aromatic N) is 4. The number of aromatic nitrogens is 3. The lowest BCUT2D eigenvalue weighted by molar-refractivity contribution is 0.123. The smallest absolute Gasteiger partial charge is 0.261 e. The van der Waals surface area contributed by atoms with Gasteiger partial charge in [0, 0.05) is 24.7 Å². The van der Waals surface area contributed by atoms with Gasteiger partial charge in [-0.1, -0.05) is 0 Å². The van der Waals surface area contributed by atoms with Crippen molar-refractivity contribution in [2.75, 3.05) is 13.6 Å². The Kier molecular flexibility index (Phi) is 2.63. The number of hydrogen-bond acceptors (Lipinski definition) is 4. The highest BCUT2D eigenvalue weighted by Crippen LogP contribution is 2.35. The summed E-state index contributed by atoms with van der Waals surface area (Å²) in [5, 5.41) is 0.686. The van der Waals surface area contributed by atoms with Crippen LogP contribution in [0.4, 0.5) is 0 Å². The summed E-state index contributed by atoms with van der Waals surface area (Å²) >= 11 is 0. The Morgan fingerprint density at radius 2 is 2.20 bits per heavy atom. The van der Waals surface area contributed by atoms with Gasteiger partial charge in [0.25, 0.3) is 5.56 Å². The summed E-state index contributed by atoms with van der Waals surface area (Å²) in [5.74, 6) is 1.36. The first-order valence-electron chi connectivity index (χ1n) is 7.30. The van der Waals surface area contributed by atoms with Gasteiger partial charge in [-0.25, -0.2) is 4.98 Å². The molecule has 2 aliphatic rings. The van der Waals surface area contributed by atoms with E-state index in [0.717, 1.165) is 37.3 Å². The van der Waals surface area contributed by atoms with E-state index in [1.807, 2.05) is 4.57 Å². The van der Waals surface area contributed by atoms with E-state index in [-0.39, 0.29) is 5.56 Å². The molecule has 2 aromatic rings. The van der Waals surface area contributed by atoms with Crippen LogP contribution < -0.4 is 5.56 Å². The summed E-state index contributed by atoms with van der Waals surface area (Å²) in [6.45, 7) is 1.94. The summed E-state index contributed by atoms with van der Waals surface area (Å²) < 4.78 is 1.89. The van der Waals surface area contributed by atoms with Crippen LogP contribution in [-0.4, -0.2) is 39.1 Å². The molecule has 0 amide bonds. The molecular weight excluding hydrogens is 252 g/mol. The molecule has 0 aliphatic carbocycles. The van der Waals surface area contributed by atoms with Crippen LogP contribution >= 0.6 is 0 Å². The molecular formula is C15H18N4O. The van der Waals surface area contributed by atoms with E-state index in [9.17, 15) is 4.79 Å². The predicted octanol–water partition coefficient (Wildman–Crippen LogP) is 1.37. The Balaban J connectivity index is 1.94. The molecule has 2 aromatic heterocycles. The summed E-state index contributed by atoms with van der Waals surface area (Å²) in [4.78, 5) is 23.9. The molecule has 1 saturated heterocycles. The lowest BCUT2D eigenvalue weighted by Crippen LogP contribution is -2.47. The molecule has 0 unspecified atom stereocenters. The molecule has 5 nitrogen and oxygen atoms in total. The Labute approximate surface area is 117 Å². The molecule has 1 fully saturated rings. The number of pyridine rings is 1. The summed E-state index contributed by atoms with van der Waals surface area (Å²) in [7, 11) is 2.19. The number of hydrogen-bond donors (Lipinski definition) is 0. The fraction of sp³-hybridized carbons (Fsp3) is 0.533. The van der Waals surface area contributed by atoms with E-state index in [1.54, 1.807) is 18.5 Å². The summed E-state index contributed by atoms with van der Waals surface area (Å²) in [6, 6.07) is 2.31. The van der Waals surface area contributed by atoms with Crippen LogP contribution in [0, 0.1) is 0 Å². The van der Waals surface area contributed by atoms with Crippen molar-refractivity contribution >= 4 is 10.9 Å². The third kappa shape index (κ3) is 1.62. The van der Waals surface area contributed by atoms with Gasteiger partial charge in [0.15, 0.2) is 0 Å². The third-order valence-electron chi connectivity index (χ3n) is 4.82. The molecule has 2 atom stereocenters. The van der Waals surface area contributed by atoms with Gasteiger partial charge in [-0.15, -0.1) is 0 Å². The first-order valence-corrected chi connectivity index (χ1v) is 7.30. The van der Waals surface area contributed by atoms with Gasteiger partial charge < -0.3 is 4.90 Å². The largest absolute Gasteiger partial charge is 0.303 e. The van der Waals surface area contributed by atoms with Crippen LogP contribution in [-0.2, 0) is 6.54 Å². The molecule has 4 heterocycles. The topological polar surface area (TPSA) is 51.0 Å². The van der Waals surface area contributed by atoms with Gasteiger partial charge in [0.2, 0.25) is 0 Å². The van der Waals surface area contributed by atoms with Crippen molar-refractivity contribution in [2.45, 2.75) is 37.8 Å². The van der Waals surface area contributed by atoms with Crippen LogP contribution in [0.2, 0.25) is 0 Å². The molecule has 4 rings (SSSR count). The Morgan fingerprint density at radius 1 is 1.30 bits per heavy atom. The highest BCUT2D eigenvalue weighted by molar-refractivity contribution is 5.76. The lowest BCUT2D eigenvalue weighted by atomic mass is 9.84. The SMILES string of the molecule is CN1CCC[C@@H]2c3nc4cnccc4c(=O)n3CC[C@H]21. The number of fused-ring (bicyclic) bond motifs is 4. The fourth-order valence-corrected chi connectivity index (χ4v) is 3.80. The molecule has 5 heteroatoms. The van der Waals surface area contributed by atoms with Crippen molar-refractivity contribution in [3.05, 3.63) is 34.6 Å². The summed E-state index contributed by atoms with van der Waals surface area (Å²) in [6.07, 6.45) is 6.73. The van der Waals surface area contributed by atoms with Crippen molar-refractivity contribution in [2.24, 2.45) is 0 Å². The second kappa shape index (κ2) is 4.38. The van der Waals surface area contributed by atoms with Crippen molar-refractivity contribution in [3.63, 3.8) is 0 Å². The second-order valence-electron chi connectivity index (χ2n) is 5.90. The van der Waals surface area contributed by atoms with Crippen LogP contribution in [0.1, 0.15) is 31.0 Å². The Bertz CT molecular complexity index is 723. The molecule has 0 saturated carbocycles. The molecule has 104 valence electrons. The molecule has 0 spiro atoms. The maximum atomic E-state index is 12.6. The maximum Gasteiger partial charge on any atom is 0.261 e. The zero-order chi connectivity index (χ0) is 13.7. The van der Waals surface area contributed by atoms with E-state index in [4.69, 9.17) is 4.98 Å². The predicted molar refractivity (Wildman–Crippen MR) is 76.8 cm³/mol. The Hall–Kier alpha value is -1.75. The molecule has 0 radical (unpaired) electrons. The van der Waals surface area contributed by atoms with E-state index >= 15 is 0 Å². The first-order chi connectivity index (χ1) is 9.75. The normalized spacial score (nSPS) is 26.2. The lowest BCUT2D eigenvalue weighted by Gasteiger charge is -2.42. The van der Waals surface area contributed by atoms with E-state index in [1.165, 1.54) is 6.42 Å². The van der Waals surface area contributed by atoms with E-state index in [2.05, 4.69) is 16.9 Å². The van der Waals surface area contributed by atoms with Gasteiger partial charge in [0.05, 0.1) is 17.1 Å². The standard InChI is InChI=1S/C15H18N4O/c1-18-7-2-3-11-13(18)5-8-19-14(11)17-12-9-16-6-4-10(12)15(19)20/h4,6,9,11,13H,2-3,5,7-8H2,1H3/t11-,13+/m0/s1. The highest BCUT2D eigenvalue weighted by Gasteiger charge is 2.36. The average Bonchev–Trinajstić information content (AvgIpc) is 2.48. The highest BCUT2D eigenvalue weighted by atomic mass is 16.1. The van der Waals surface area contributed by atoms with Gasteiger partial charge >= 0.3 is 0 Å². The van der Waals surface area contributed by atoms with Crippen LogP contribution in [0.15, 0.2) is 23.3 Å². The van der Waals surface area contributed by atoms with Crippen molar-refractivity contribution in [1.29, 1.82) is 0 Å². The van der Waals surface area contributed by atoms with Gasteiger partial charge in [-0.2, -0.15) is 0 Å². The molecule has 0 bridgehead atoms. The van der Waals surface area contributed by atoms with Crippen molar-refractivity contribution in [3.8, 4) is 0 Å². The fourth-order valence-electron chi connectivity index (χ4n) is 3.80. The van der Waals surface area contributed by atoms with Crippen molar-refractivity contribution < 1.29 is 0 Å². The minimum atomic E-state index is 0.0964. The third-order valence-corrected chi connectivity index (χ3v) is 4.82. The van der Waals surface area contributed by atoms with E-state index in [0.29, 0.717) is 17.3 Å². The number of rotatable bonds is 0. The Morgan fingerprint density at radius 3 is 3.10 bits per heavy atom. The van der Waals surface area contributed by atoms with Crippen LogP contribution in [0.25, 0.3) is 10.9 Å². The minimum Gasteiger partial charge on any atom is -0.303 e. The second-order valence-corrected chi connectivity index (χ2v) is 5.90. The monoisotopic (exact) mass is 270 g/mol. The quantitative estimate of drug-likeness (QED) is 0.725.